The van der Waals surface area contributed by atoms with Crippen LogP contribution in [0.4, 0.5) is 5.69 Å². The second-order valence-electron chi connectivity index (χ2n) is 6.68. The van der Waals surface area contributed by atoms with Gasteiger partial charge in [0.15, 0.2) is 0 Å². The Morgan fingerprint density at radius 3 is 2.33 bits per heavy atom. The van der Waals surface area contributed by atoms with E-state index < -0.39 is 6.04 Å². The van der Waals surface area contributed by atoms with Crippen molar-refractivity contribution in [3.63, 3.8) is 0 Å². The second-order valence-corrected chi connectivity index (χ2v) is 6.68. The molecule has 0 saturated carbocycles. The summed E-state index contributed by atoms with van der Waals surface area (Å²) in [6, 6.07) is 14.8. The average molecular weight is 368 g/mol. The number of methoxy groups -OCH3 is 1. The quantitative estimate of drug-likeness (QED) is 0.725. The first-order valence-corrected chi connectivity index (χ1v) is 9.24. The molecule has 144 valence electrons. The summed E-state index contributed by atoms with van der Waals surface area (Å²) < 4.78 is 5.17. The summed E-state index contributed by atoms with van der Waals surface area (Å²) in [4.78, 5) is 24.3. The SMILES string of the molecule is CC[C@@H](C)c1ccccc1NC(=O)C[C@@H](NC(C)=O)c1ccc(OC)cc1. The number of hydrogen-bond acceptors (Lipinski definition) is 3. The molecule has 2 aromatic carbocycles. The van der Waals surface area contributed by atoms with E-state index in [4.69, 9.17) is 4.74 Å². The molecule has 2 aromatic rings. The molecule has 2 N–H and O–H groups in total. The molecule has 0 spiro atoms. The van der Waals surface area contributed by atoms with Gasteiger partial charge >= 0.3 is 0 Å². The minimum Gasteiger partial charge on any atom is -0.497 e. The van der Waals surface area contributed by atoms with Crippen LogP contribution in [0.25, 0.3) is 0 Å². The van der Waals surface area contributed by atoms with E-state index in [1.54, 1.807) is 7.11 Å². The van der Waals surface area contributed by atoms with Crippen molar-refractivity contribution in [3.8, 4) is 5.75 Å². The number of carbonyl (C=O) groups is 2. The Hall–Kier alpha value is -2.82. The maximum atomic E-state index is 12.7. The molecule has 2 amide bonds. The summed E-state index contributed by atoms with van der Waals surface area (Å²) in [7, 11) is 1.60. The molecule has 0 heterocycles. The summed E-state index contributed by atoms with van der Waals surface area (Å²) in [5, 5.41) is 5.87. The molecule has 0 fully saturated rings. The minimum absolute atomic E-state index is 0.139. The van der Waals surface area contributed by atoms with Crippen LogP contribution in [0.5, 0.6) is 5.75 Å². The Morgan fingerprint density at radius 2 is 1.74 bits per heavy atom. The summed E-state index contributed by atoms with van der Waals surface area (Å²) >= 11 is 0. The fraction of sp³-hybridized carbons (Fsp3) is 0.364. The summed E-state index contributed by atoms with van der Waals surface area (Å²) in [5.41, 5.74) is 2.80. The van der Waals surface area contributed by atoms with Crippen molar-refractivity contribution in [2.24, 2.45) is 0 Å². The van der Waals surface area contributed by atoms with Crippen LogP contribution in [0.15, 0.2) is 48.5 Å². The van der Waals surface area contributed by atoms with E-state index in [0.29, 0.717) is 5.92 Å². The van der Waals surface area contributed by atoms with Crippen LogP contribution in [-0.4, -0.2) is 18.9 Å². The Labute approximate surface area is 161 Å². The van der Waals surface area contributed by atoms with Crippen LogP contribution in [-0.2, 0) is 9.59 Å². The third-order valence-electron chi connectivity index (χ3n) is 4.66. The zero-order valence-corrected chi connectivity index (χ0v) is 16.4. The van der Waals surface area contributed by atoms with Gasteiger partial charge in [0, 0.05) is 12.6 Å². The normalized spacial score (nSPS) is 12.7. The van der Waals surface area contributed by atoms with Crippen molar-refractivity contribution in [2.45, 2.75) is 45.6 Å². The van der Waals surface area contributed by atoms with E-state index >= 15 is 0 Å². The predicted molar refractivity (Wildman–Crippen MR) is 108 cm³/mol. The standard InChI is InChI=1S/C22H28N2O3/c1-5-15(2)19-8-6-7-9-20(19)24-22(26)14-21(23-16(3)25)17-10-12-18(27-4)13-11-17/h6-13,15,21H,5,14H2,1-4H3,(H,23,25)(H,24,26)/t15-,21-/m1/s1. The molecule has 5 heteroatoms. The van der Waals surface area contributed by atoms with Crippen LogP contribution in [0.1, 0.15) is 56.7 Å². The number of nitrogens with one attached hydrogen (secondary N) is 2. The summed E-state index contributed by atoms with van der Waals surface area (Å²) in [6.45, 7) is 5.72. The molecular formula is C22H28N2O3. The van der Waals surface area contributed by atoms with Crippen LogP contribution in [0.3, 0.4) is 0 Å². The Morgan fingerprint density at radius 1 is 1.07 bits per heavy atom. The van der Waals surface area contributed by atoms with Crippen LogP contribution < -0.4 is 15.4 Å². The van der Waals surface area contributed by atoms with Crippen LogP contribution in [0, 0.1) is 0 Å². The van der Waals surface area contributed by atoms with E-state index in [1.807, 2.05) is 48.5 Å². The van der Waals surface area contributed by atoms with Gasteiger partial charge in [-0.05, 0) is 41.7 Å². The smallest absolute Gasteiger partial charge is 0.226 e. The zero-order chi connectivity index (χ0) is 19.8. The van der Waals surface area contributed by atoms with E-state index in [-0.39, 0.29) is 18.2 Å². The first-order chi connectivity index (χ1) is 12.9. The second kappa shape index (κ2) is 9.76. The molecule has 0 aliphatic rings. The monoisotopic (exact) mass is 368 g/mol. The van der Waals surface area contributed by atoms with Gasteiger partial charge in [0.2, 0.25) is 11.8 Å². The van der Waals surface area contributed by atoms with Gasteiger partial charge in [-0.15, -0.1) is 0 Å². The molecule has 2 atom stereocenters. The number of rotatable bonds is 8. The fourth-order valence-corrected chi connectivity index (χ4v) is 2.98. The number of para-hydroxylation sites is 1. The molecule has 0 aliphatic carbocycles. The van der Waals surface area contributed by atoms with Crippen molar-refractivity contribution in [1.82, 2.24) is 5.32 Å². The van der Waals surface area contributed by atoms with E-state index in [2.05, 4.69) is 24.5 Å². The lowest BCUT2D eigenvalue weighted by Gasteiger charge is -2.20. The summed E-state index contributed by atoms with van der Waals surface area (Å²) in [5.74, 6) is 0.769. The lowest BCUT2D eigenvalue weighted by atomic mass is 9.96. The molecular weight excluding hydrogens is 340 g/mol. The zero-order valence-electron chi connectivity index (χ0n) is 16.4. The molecule has 0 aromatic heterocycles. The fourth-order valence-electron chi connectivity index (χ4n) is 2.98. The number of anilines is 1. The molecule has 0 saturated heterocycles. The highest BCUT2D eigenvalue weighted by molar-refractivity contribution is 5.92. The van der Waals surface area contributed by atoms with Crippen molar-refractivity contribution in [1.29, 1.82) is 0 Å². The Bertz CT molecular complexity index is 771. The Balaban J connectivity index is 2.15. The van der Waals surface area contributed by atoms with Gasteiger partial charge < -0.3 is 15.4 Å². The number of carbonyl (C=O) groups excluding carboxylic acids is 2. The van der Waals surface area contributed by atoms with Gasteiger partial charge in [-0.3, -0.25) is 9.59 Å². The molecule has 0 unspecified atom stereocenters. The van der Waals surface area contributed by atoms with Gasteiger partial charge in [-0.25, -0.2) is 0 Å². The van der Waals surface area contributed by atoms with Crippen molar-refractivity contribution < 1.29 is 14.3 Å². The van der Waals surface area contributed by atoms with E-state index in [0.717, 1.165) is 29.0 Å². The number of benzene rings is 2. The van der Waals surface area contributed by atoms with Gasteiger partial charge in [-0.2, -0.15) is 0 Å². The first-order valence-electron chi connectivity index (χ1n) is 9.24. The predicted octanol–water partition coefficient (Wildman–Crippen LogP) is 4.41. The lowest BCUT2D eigenvalue weighted by Crippen LogP contribution is -2.30. The van der Waals surface area contributed by atoms with Gasteiger partial charge in [0.05, 0.1) is 19.6 Å². The van der Waals surface area contributed by atoms with Crippen molar-refractivity contribution >= 4 is 17.5 Å². The number of hydrogen-bond donors (Lipinski definition) is 2. The number of ether oxygens (including phenoxy) is 1. The van der Waals surface area contributed by atoms with E-state index in [9.17, 15) is 9.59 Å². The largest absolute Gasteiger partial charge is 0.497 e. The van der Waals surface area contributed by atoms with Gasteiger partial charge in [0.1, 0.15) is 5.75 Å². The topological polar surface area (TPSA) is 67.4 Å². The van der Waals surface area contributed by atoms with Crippen molar-refractivity contribution in [2.75, 3.05) is 12.4 Å². The van der Waals surface area contributed by atoms with Crippen LogP contribution in [0.2, 0.25) is 0 Å². The highest BCUT2D eigenvalue weighted by Gasteiger charge is 2.18. The molecule has 27 heavy (non-hydrogen) atoms. The molecule has 2 rings (SSSR count). The minimum atomic E-state index is -0.399. The maximum Gasteiger partial charge on any atom is 0.226 e. The van der Waals surface area contributed by atoms with Gasteiger partial charge in [-0.1, -0.05) is 44.2 Å². The highest BCUT2D eigenvalue weighted by atomic mass is 16.5. The average Bonchev–Trinajstić information content (AvgIpc) is 2.67. The number of amides is 2. The summed E-state index contributed by atoms with van der Waals surface area (Å²) in [6.07, 6.45) is 1.15. The maximum absolute atomic E-state index is 12.7. The first kappa shape index (κ1) is 20.5. The third kappa shape index (κ3) is 5.84. The van der Waals surface area contributed by atoms with Crippen molar-refractivity contribution in [3.05, 3.63) is 59.7 Å². The van der Waals surface area contributed by atoms with Crippen LogP contribution >= 0.6 is 0 Å². The highest BCUT2D eigenvalue weighted by Crippen LogP contribution is 2.27. The molecule has 5 nitrogen and oxygen atoms in total. The Kier molecular flexibility index (Phi) is 7.41. The molecule has 0 bridgehead atoms. The third-order valence-corrected chi connectivity index (χ3v) is 4.66. The molecule has 0 aliphatic heterocycles. The molecule has 0 radical (unpaired) electrons. The lowest BCUT2D eigenvalue weighted by molar-refractivity contribution is -0.120. The van der Waals surface area contributed by atoms with E-state index in [1.165, 1.54) is 6.92 Å². The van der Waals surface area contributed by atoms with Gasteiger partial charge in [0.25, 0.3) is 0 Å².